The van der Waals surface area contributed by atoms with Crippen molar-refractivity contribution in [2.45, 2.75) is 24.8 Å². The lowest BCUT2D eigenvalue weighted by Gasteiger charge is -2.13. The smallest absolute Gasteiger partial charge is 0.251 e. The molecule has 1 atom stereocenters. The number of ether oxygens (including phenoxy) is 1. The molecule has 0 aliphatic carbocycles. The van der Waals surface area contributed by atoms with Crippen molar-refractivity contribution in [2.75, 3.05) is 33.4 Å². The van der Waals surface area contributed by atoms with Crippen LogP contribution in [0.5, 0.6) is 0 Å². The predicted molar refractivity (Wildman–Crippen MR) is 96.2 cm³/mol. The molecule has 7 nitrogen and oxygen atoms in total. The topological polar surface area (TPSA) is 96.5 Å². The lowest BCUT2D eigenvalue weighted by Crippen LogP contribution is -2.38. The summed E-state index contributed by atoms with van der Waals surface area (Å²) >= 11 is 0. The van der Waals surface area contributed by atoms with E-state index in [0.717, 1.165) is 6.54 Å². The summed E-state index contributed by atoms with van der Waals surface area (Å²) in [7, 11) is -2.08. The molecule has 0 spiro atoms. The van der Waals surface area contributed by atoms with E-state index in [0.29, 0.717) is 18.7 Å². The third-order valence-corrected chi connectivity index (χ3v) is 4.62. The van der Waals surface area contributed by atoms with Gasteiger partial charge in [0.2, 0.25) is 10.0 Å². The minimum atomic E-state index is -3.58. The number of nitrogens with one attached hydrogen (secondary N) is 3. The van der Waals surface area contributed by atoms with Crippen molar-refractivity contribution in [3.63, 3.8) is 0 Å². The lowest BCUT2D eigenvalue weighted by atomic mass is 10.2. The van der Waals surface area contributed by atoms with Crippen molar-refractivity contribution in [1.29, 1.82) is 0 Å². The first kappa shape index (κ1) is 22.8. The zero-order valence-corrected chi connectivity index (χ0v) is 15.8. The molecule has 0 fully saturated rings. The summed E-state index contributed by atoms with van der Waals surface area (Å²) < 4.78 is 31.2. The largest absolute Gasteiger partial charge is 0.383 e. The highest BCUT2D eigenvalue weighted by molar-refractivity contribution is 7.89. The molecule has 24 heavy (non-hydrogen) atoms. The van der Waals surface area contributed by atoms with Gasteiger partial charge in [-0.3, -0.25) is 4.79 Å². The molecular weight excluding hydrogens is 354 g/mol. The third kappa shape index (κ3) is 7.59. The third-order valence-electron chi connectivity index (χ3n) is 3.15. The lowest BCUT2D eigenvalue weighted by molar-refractivity contribution is 0.0950. The summed E-state index contributed by atoms with van der Waals surface area (Å²) in [6.07, 6.45) is 0. The molecule has 1 aromatic rings. The van der Waals surface area contributed by atoms with Crippen LogP contribution in [0.2, 0.25) is 0 Å². The summed E-state index contributed by atoms with van der Waals surface area (Å²) in [5.74, 6) is -0.231. The minimum absolute atomic E-state index is 0. The molecule has 0 aromatic heterocycles. The number of benzene rings is 1. The number of carbonyl (C=O) groups is 1. The van der Waals surface area contributed by atoms with Crippen molar-refractivity contribution < 1.29 is 17.9 Å². The monoisotopic (exact) mass is 379 g/mol. The number of methoxy groups -OCH3 is 1. The molecule has 9 heteroatoms. The number of rotatable bonds is 10. The molecule has 3 N–H and O–H groups in total. The van der Waals surface area contributed by atoms with Crippen molar-refractivity contribution in [2.24, 2.45) is 0 Å². The van der Waals surface area contributed by atoms with Crippen molar-refractivity contribution >= 4 is 28.3 Å². The minimum Gasteiger partial charge on any atom is -0.383 e. The zero-order chi connectivity index (χ0) is 17.3. The second-order valence-corrected chi connectivity index (χ2v) is 6.85. The summed E-state index contributed by atoms with van der Waals surface area (Å²) in [6, 6.07) is 6.00. The number of carbonyl (C=O) groups excluding carboxylic acids is 1. The maximum absolute atomic E-state index is 12.0. The summed E-state index contributed by atoms with van der Waals surface area (Å²) in [6.45, 7) is 5.81. The van der Waals surface area contributed by atoms with E-state index >= 15 is 0 Å². The molecule has 0 aliphatic heterocycles. The van der Waals surface area contributed by atoms with Crippen LogP contribution in [0.4, 0.5) is 0 Å². The molecule has 0 bridgehead atoms. The molecule has 0 heterocycles. The highest BCUT2D eigenvalue weighted by Gasteiger charge is 2.14. The van der Waals surface area contributed by atoms with Gasteiger partial charge in [-0.15, -0.1) is 12.4 Å². The molecule has 0 unspecified atom stereocenters. The van der Waals surface area contributed by atoms with Gasteiger partial charge in [0.25, 0.3) is 5.91 Å². The van der Waals surface area contributed by atoms with Gasteiger partial charge >= 0.3 is 0 Å². The fourth-order valence-corrected chi connectivity index (χ4v) is 2.93. The van der Waals surface area contributed by atoms with Gasteiger partial charge in [0.15, 0.2) is 0 Å². The molecular formula is C15H26ClN3O4S. The van der Waals surface area contributed by atoms with Crippen LogP contribution in [-0.4, -0.2) is 53.7 Å². The Balaban J connectivity index is 0.00000529. The number of sulfonamides is 1. The Morgan fingerprint density at radius 3 is 2.42 bits per heavy atom. The van der Waals surface area contributed by atoms with Gasteiger partial charge < -0.3 is 15.4 Å². The van der Waals surface area contributed by atoms with E-state index < -0.39 is 10.0 Å². The normalized spacial score (nSPS) is 12.3. The molecule has 138 valence electrons. The standard InChI is InChI=1S/C15H25N3O4S.ClH/c1-4-16-12(2)11-17-15(19)13-5-7-14(8-6-13)23(20,21)18-9-10-22-3;/h5-8,12,16,18H,4,9-11H2,1-3H3,(H,17,19);1H/t12-;/m1./s1. The maximum atomic E-state index is 12.0. The van der Waals surface area contributed by atoms with Crippen molar-refractivity contribution in [3.8, 4) is 0 Å². The molecule has 0 saturated heterocycles. The van der Waals surface area contributed by atoms with Crippen LogP contribution >= 0.6 is 12.4 Å². The molecule has 1 aromatic carbocycles. The summed E-state index contributed by atoms with van der Waals surface area (Å²) in [4.78, 5) is 12.1. The zero-order valence-electron chi connectivity index (χ0n) is 14.2. The second-order valence-electron chi connectivity index (χ2n) is 5.08. The number of likely N-dealkylation sites (N-methyl/N-ethyl adjacent to an activating group) is 1. The average Bonchev–Trinajstić information content (AvgIpc) is 2.53. The van der Waals surface area contributed by atoms with Crippen LogP contribution in [0.15, 0.2) is 29.2 Å². The summed E-state index contributed by atoms with van der Waals surface area (Å²) in [5, 5.41) is 5.99. The maximum Gasteiger partial charge on any atom is 0.251 e. The van der Waals surface area contributed by atoms with E-state index in [1.807, 2.05) is 13.8 Å². The highest BCUT2D eigenvalue weighted by atomic mass is 35.5. The fraction of sp³-hybridized carbons (Fsp3) is 0.533. The van der Waals surface area contributed by atoms with Crippen LogP contribution in [0.25, 0.3) is 0 Å². The van der Waals surface area contributed by atoms with E-state index in [1.165, 1.54) is 31.4 Å². The number of halogens is 1. The molecule has 1 amide bonds. The average molecular weight is 380 g/mol. The Kier molecular flexibility index (Phi) is 10.8. The van der Waals surface area contributed by atoms with Gasteiger partial charge in [0.05, 0.1) is 11.5 Å². The van der Waals surface area contributed by atoms with Crippen LogP contribution in [0, 0.1) is 0 Å². The first-order valence-corrected chi connectivity index (χ1v) is 8.99. The van der Waals surface area contributed by atoms with Crippen LogP contribution in [0.1, 0.15) is 24.2 Å². The van der Waals surface area contributed by atoms with E-state index in [4.69, 9.17) is 4.74 Å². The van der Waals surface area contributed by atoms with Crippen LogP contribution in [0.3, 0.4) is 0 Å². The fourth-order valence-electron chi connectivity index (χ4n) is 1.92. The second kappa shape index (κ2) is 11.4. The van der Waals surface area contributed by atoms with Gasteiger partial charge in [-0.2, -0.15) is 0 Å². The first-order chi connectivity index (χ1) is 10.9. The van der Waals surface area contributed by atoms with E-state index in [-0.39, 0.29) is 35.8 Å². The Morgan fingerprint density at radius 2 is 1.88 bits per heavy atom. The molecule has 1 rings (SSSR count). The van der Waals surface area contributed by atoms with E-state index in [9.17, 15) is 13.2 Å². The Labute approximate surface area is 150 Å². The van der Waals surface area contributed by atoms with Crippen LogP contribution < -0.4 is 15.4 Å². The predicted octanol–water partition coefficient (Wildman–Crippen LogP) is 0.761. The van der Waals surface area contributed by atoms with Gasteiger partial charge in [-0.25, -0.2) is 13.1 Å². The van der Waals surface area contributed by atoms with E-state index in [2.05, 4.69) is 15.4 Å². The number of hydrogen-bond acceptors (Lipinski definition) is 5. The molecule has 0 radical (unpaired) electrons. The quantitative estimate of drug-likeness (QED) is 0.521. The Morgan fingerprint density at radius 1 is 1.25 bits per heavy atom. The van der Waals surface area contributed by atoms with Crippen molar-refractivity contribution in [1.82, 2.24) is 15.4 Å². The van der Waals surface area contributed by atoms with Gasteiger partial charge in [-0.1, -0.05) is 6.92 Å². The van der Waals surface area contributed by atoms with Gasteiger partial charge in [-0.05, 0) is 37.7 Å². The first-order valence-electron chi connectivity index (χ1n) is 7.51. The van der Waals surface area contributed by atoms with Gasteiger partial charge in [0.1, 0.15) is 0 Å². The summed E-state index contributed by atoms with van der Waals surface area (Å²) in [5.41, 5.74) is 0.421. The SMILES string of the molecule is CCN[C@H](C)CNC(=O)c1ccc(S(=O)(=O)NCCOC)cc1.Cl. The Bertz CT molecular complexity index is 593. The number of hydrogen-bond donors (Lipinski definition) is 3. The molecule has 0 saturated carbocycles. The highest BCUT2D eigenvalue weighted by Crippen LogP contribution is 2.10. The molecule has 0 aliphatic rings. The Hall–Kier alpha value is -1.19. The van der Waals surface area contributed by atoms with Gasteiger partial charge in [0, 0.05) is 31.8 Å². The van der Waals surface area contributed by atoms with E-state index in [1.54, 1.807) is 0 Å². The number of amides is 1. The van der Waals surface area contributed by atoms with Crippen molar-refractivity contribution in [3.05, 3.63) is 29.8 Å². The van der Waals surface area contributed by atoms with Crippen LogP contribution in [-0.2, 0) is 14.8 Å².